The maximum atomic E-state index is 12.1. The Hall–Kier alpha value is -1.30. The molecule has 1 aliphatic heterocycles. The van der Waals surface area contributed by atoms with Crippen molar-refractivity contribution in [1.82, 2.24) is 15.1 Å². The second kappa shape index (κ2) is 7.11. The van der Waals surface area contributed by atoms with Gasteiger partial charge in [0.2, 0.25) is 5.91 Å². The Morgan fingerprint density at radius 2 is 1.94 bits per heavy atom. The summed E-state index contributed by atoms with van der Waals surface area (Å²) in [6, 6.07) is -0.0814. The van der Waals surface area contributed by atoms with Crippen molar-refractivity contribution in [2.45, 2.75) is 13.8 Å². The summed E-state index contributed by atoms with van der Waals surface area (Å²) < 4.78 is 5.19. The number of ether oxygens (including phenoxy) is 1. The highest BCUT2D eigenvalue weighted by atomic mass is 16.5. The van der Waals surface area contributed by atoms with Crippen LogP contribution in [0.25, 0.3) is 0 Å². The van der Waals surface area contributed by atoms with Crippen LogP contribution in [-0.2, 0) is 9.53 Å². The Kier molecular flexibility index (Phi) is 5.76. The average molecular weight is 243 g/mol. The molecule has 6 nitrogen and oxygen atoms in total. The number of urea groups is 1. The molecule has 0 atom stereocenters. The van der Waals surface area contributed by atoms with Crippen LogP contribution in [0.3, 0.4) is 0 Å². The van der Waals surface area contributed by atoms with Crippen LogP contribution in [0.15, 0.2) is 0 Å². The lowest BCUT2D eigenvalue weighted by Gasteiger charge is -2.32. The molecule has 3 amide bonds. The van der Waals surface area contributed by atoms with Gasteiger partial charge in [0.05, 0.1) is 13.2 Å². The predicted octanol–water partition coefficient (Wildman–Crippen LogP) is -0.103. The molecule has 0 bridgehead atoms. The molecule has 0 aromatic carbocycles. The van der Waals surface area contributed by atoms with Gasteiger partial charge in [-0.25, -0.2) is 4.79 Å². The summed E-state index contributed by atoms with van der Waals surface area (Å²) in [6.07, 6.45) is 0. The zero-order chi connectivity index (χ0) is 12.7. The van der Waals surface area contributed by atoms with Crippen molar-refractivity contribution < 1.29 is 14.3 Å². The van der Waals surface area contributed by atoms with E-state index in [1.807, 2.05) is 13.8 Å². The normalized spacial score (nSPS) is 15.5. The molecule has 0 aliphatic carbocycles. The van der Waals surface area contributed by atoms with Crippen molar-refractivity contribution in [1.29, 1.82) is 0 Å². The van der Waals surface area contributed by atoms with Crippen molar-refractivity contribution in [2.75, 3.05) is 45.9 Å². The number of hydrogen-bond acceptors (Lipinski definition) is 3. The van der Waals surface area contributed by atoms with E-state index in [4.69, 9.17) is 4.74 Å². The maximum absolute atomic E-state index is 12.1. The van der Waals surface area contributed by atoms with E-state index in [1.54, 1.807) is 9.80 Å². The van der Waals surface area contributed by atoms with Crippen LogP contribution in [0.2, 0.25) is 0 Å². The summed E-state index contributed by atoms with van der Waals surface area (Å²) in [5, 5.41) is 2.69. The smallest absolute Gasteiger partial charge is 0.320 e. The number of morpholine rings is 1. The van der Waals surface area contributed by atoms with E-state index in [-0.39, 0.29) is 18.5 Å². The summed E-state index contributed by atoms with van der Waals surface area (Å²) >= 11 is 0. The summed E-state index contributed by atoms with van der Waals surface area (Å²) in [6.45, 7) is 7.33. The van der Waals surface area contributed by atoms with Gasteiger partial charge >= 0.3 is 6.03 Å². The fourth-order valence-electron chi connectivity index (χ4n) is 1.70. The van der Waals surface area contributed by atoms with Crippen LogP contribution in [0.1, 0.15) is 13.8 Å². The lowest BCUT2D eigenvalue weighted by atomic mass is 10.4. The van der Waals surface area contributed by atoms with Crippen LogP contribution < -0.4 is 5.32 Å². The first-order valence-corrected chi connectivity index (χ1v) is 6.07. The number of nitrogens with one attached hydrogen (secondary N) is 1. The quantitative estimate of drug-likeness (QED) is 0.750. The highest BCUT2D eigenvalue weighted by Gasteiger charge is 2.23. The van der Waals surface area contributed by atoms with Gasteiger partial charge in [-0.3, -0.25) is 4.79 Å². The summed E-state index contributed by atoms with van der Waals surface area (Å²) in [5.41, 5.74) is 0. The summed E-state index contributed by atoms with van der Waals surface area (Å²) in [5.74, 6) is -0.115. The van der Waals surface area contributed by atoms with E-state index >= 15 is 0 Å². The monoisotopic (exact) mass is 243 g/mol. The van der Waals surface area contributed by atoms with Crippen LogP contribution in [0.5, 0.6) is 0 Å². The Balaban J connectivity index is 2.47. The summed E-state index contributed by atoms with van der Waals surface area (Å²) in [7, 11) is 0. The van der Waals surface area contributed by atoms with Crippen molar-refractivity contribution >= 4 is 11.9 Å². The fourth-order valence-corrected chi connectivity index (χ4v) is 1.70. The van der Waals surface area contributed by atoms with Crippen LogP contribution >= 0.6 is 0 Å². The maximum Gasteiger partial charge on any atom is 0.320 e. The van der Waals surface area contributed by atoms with Gasteiger partial charge in [0.1, 0.15) is 6.54 Å². The molecule has 1 aliphatic rings. The minimum Gasteiger partial charge on any atom is -0.378 e. The SMILES string of the molecule is CCNC(=O)CN(CC)C(=O)N1CCOCC1. The molecular weight excluding hydrogens is 222 g/mol. The molecule has 0 aromatic rings. The standard InChI is InChI=1S/C11H21N3O3/c1-3-12-10(15)9-13(4-2)11(16)14-5-7-17-8-6-14/h3-9H2,1-2H3,(H,12,15). The minimum absolute atomic E-state index is 0.0814. The average Bonchev–Trinajstić information content (AvgIpc) is 2.36. The summed E-state index contributed by atoms with van der Waals surface area (Å²) in [4.78, 5) is 26.8. The molecule has 1 N–H and O–H groups in total. The Labute approximate surface area is 102 Å². The van der Waals surface area contributed by atoms with Crippen LogP contribution in [0.4, 0.5) is 4.79 Å². The fraction of sp³-hybridized carbons (Fsp3) is 0.818. The number of amides is 3. The van der Waals surface area contributed by atoms with Gasteiger partial charge < -0.3 is 19.9 Å². The van der Waals surface area contributed by atoms with Gasteiger partial charge in [0.25, 0.3) is 0 Å². The zero-order valence-corrected chi connectivity index (χ0v) is 10.6. The highest BCUT2D eigenvalue weighted by molar-refractivity contribution is 5.84. The lowest BCUT2D eigenvalue weighted by molar-refractivity contribution is -0.121. The second-order valence-corrected chi connectivity index (χ2v) is 3.85. The van der Waals surface area contributed by atoms with Gasteiger partial charge in [-0.15, -0.1) is 0 Å². The molecule has 1 heterocycles. The van der Waals surface area contributed by atoms with Crippen LogP contribution in [0, 0.1) is 0 Å². The van der Waals surface area contributed by atoms with E-state index in [1.165, 1.54) is 0 Å². The van der Waals surface area contributed by atoms with E-state index < -0.39 is 0 Å². The zero-order valence-electron chi connectivity index (χ0n) is 10.6. The van der Waals surface area contributed by atoms with E-state index in [0.717, 1.165) is 0 Å². The topological polar surface area (TPSA) is 61.9 Å². The number of carbonyl (C=O) groups excluding carboxylic acids is 2. The van der Waals surface area contributed by atoms with Crippen molar-refractivity contribution in [3.05, 3.63) is 0 Å². The van der Waals surface area contributed by atoms with Gasteiger partial charge in [0, 0.05) is 26.2 Å². The Bertz CT molecular complexity index is 265. The Morgan fingerprint density at radius 3 is 2.47 bits per heavy atom. The highest BCUT2D eigenvalue weighted by Crippen LogP contribution is 2.03. The number of likely N-dealkylation sites (N-methyl/N-ethyl adjacent to an activating group) is 2. The number of rotatable bonds is 4. The molecule has 0 aromatic heterocycles. The third-order valence-corrected chi connectivity index (χ3v) is 2.64. The third kappa shape index (κ3) is 4.22. The molecule has 1 fully saturated rings. The molecular formula is C11H21N3O3. The van der Waals surface area contributed by atoms with E-state index in [9.17, 15) is 9.59 Å². The van der Waals surface area contributed by atoms with E-state index in [0.29, 0.717) is 39.4 Å². The van der Waals surface area contributed by atoms with Gasteiger partial charge in [-0.05, 0) is 13.8 Å². The number of carbonyl (C=O) groups is 2. The van der Waals surface area contributed by atoms with Gasteiger partial charge in [-0.2, -0.15) is 0 Å². The van der Waals surface area contributed by atoms with Gasteiger partial charge in [-0.1, -0.05) is 0 Å². The van der Waals surface area contributed by atoms with E-state index in [2.05, 4.69) is 5.32 Å². The predicted molar refractivity (Wildman–Crippen MR) is 63.7 cm³/mol. The number of nitrogens with zero attached hydrogens (tertiary/aromatic N) is 2. The first-order valence-electron chi connectivity index (χ1n) is 6.07. The van der Waals surface area contributed by atoms with Crippen molar-refractivity contribution in [3.63, 3.8) is 0 Å². The molecule has 98 valence electrons. The first-order chi connectivity index (χ1) is 8.19. The van der Waals surface area contributed by atoms with Crippen molar-refractivity contribution in [3.8, 4) is 0 Å². The number of hydrogen-bond donors (Lipinski definition) is 1. The first kappa shape index (κ1) is 13.8. The molecule has 1 rings (SSSR count). The largest absolute Gasteiger partial charge is 0.378 e. The lowest BCUT2D eigenvalue weighted by Crippen LogP contribution is -2.50. The van der Waals surface area contributed by atoms with Crippen molar-refractivity contribution in [2.24, 2.45) is 0 Å². The van der Waals surface area contributed by atoms with Gasteiger partial charge in [0.15, 0.2) is 0 Å². The van der Waals surface area contributed by atoms with Crippen LogP contribution in [-0.4, -0.2) is 67.7 Å². The molecule has 0 unspecified atom stereocenters. The molecule has 0 radical (unpaired) electrons. The molecule has 0 saturated carbocycles. The molecule has 17 heavy (non-hydrogen) atoms. The third-order valence-electron chi connectivity index (χ3n) is 2.64. The molecule has 1 saturated heterocycles. The molecule has 6 heteroatoms. The Morgan fingerprint density at radius 1 is 1.29 bits per heavy atom. The minimum atomic E-state index is -0.115. The second-order valence-electron chi connectivity index (χ2n) is 3.85. The molecule has 0 spiro atoms.